The van der Waals surface area contributed by atoms with Crippen LogP contribution in [0.3, 0.4) is 0 Å². The summed E-state index contributed by atoms with van der Waals surface area (Å²) in [5.41, 5.74) is -0.0494. The molecule has 2 heterocycles. The summed E-state index contributed by atoms with van der Waals surface area (Å²) in [6.07, 6.45) is -5.48. The van der Waals surface area contributed by atoms with Gasteiger partial charge in [0.05, 0.1) is 23.4 Å². The SMILES string of the molecule is C[C@@H](CC(=O)O[C@H](C(=O)OC1=CC[C@@]2(O)[C@H]3Cc4ccc(O)c5c4[C@@]2(CCN3C)[C@H]1O5)c1ccccc1)C(=O)O.O=CC(F)(F)F. The molecule has 1 fully saturated rings. The number of aldehydes is 1. The van der Waals surface area contributed by atoms with Crippen molar-refractivity contribution in [3.8, 4) is 11.5 Å². The Morgan fingerprint density at radius 1 is 1.17 bits per heavy atom. The first-order chi connectivity index (χ1) is 21.6. The number of phenolic OH excluding ortho intramolecular Hbond substituents is 1. The van der Waals surface area contributed by atoms with Gasteiger partial charge in [0.2, 0.25) is 12.4 Å². The molecule has 2 aliphatic heterocycles. The van der Waals surface area contributed by atoms with Gasteiger partial charge in [-0.25, -0.2) is 4.79 Å². The summed E-state index contributed by atoms with van der Waals surface area (Å²) in [5, 5.41) is 32.1. The lowest BCUT2D eigenvalue weighted by Crippen LogP contribution is -2.74. The lowest BCUT2D eigenvalue weighted by atomic mass is 9.50. The first-order valence-corrected chi connectivity index (χ1v) is 14.5. The molecule has 1 saturated heterocycles. The highest BCUT2D eigenvalue weighted by molar-refractivity contribution is 5.83. The van der Waals surface area contributed by atoms with Gasteiger partial charge in [-0.3, -0.25) is 14.4 Å². The number of likely N-dealkylation sites (tertiary alicyclic amines) is 1. The molecule has 1 spiro atoms. The van der Waals surface area contributed by atoms with Crippen LogP contribution >= 0.6 is 0 Å². The molecule has 2 bridgehead atoms. The summed E-state index contributed by atoms with van der Waals surface area (Å²) in [7, 11) is 1.98. The number of phenols is 1. The predicted octanol–water partition coefficient (Wildman–Crippen LogP) is 3.36. The Balaban J connectivity index is 0.000000635. The largest absolute Gasteiger partial charge is 0.504 e. The quantitative estimate of drug-likeness (QED) is 0.299. The number of hydrogen-bond donors (Lipinski definition) is 3. The van der Waals surface area contributed by atoms with Crippen LogP contribution < -0.4 is 4.74 Å². The third kappa shape index (κ3) is 5.60. The summed E-state index contributed by atoms with van der Waals surface area (Å²) in [6.45, 7) is 2.05. The summed E-state index contributed by atoms with van der Waals surface area (Å²) >= 11 is 0. The van der Waals surface area contributed by atoms with Crippen molar-refractivity contribution < 1.29 is 61.9 Å². The third-order valence-corrected chi connectivity index (χ3v) is 9.17. The molecule has 246 valence electrons. The van der Waals surface area contributed by atoms with Crippen LogP contribution in [0.2, 0.25) is 0 Å². The van der Waals surface area contributed by atoms with Crippen molar-refractivity contribution in [1.29, 1.82) is 0 Å². The van der Waals surface area contributed by atoms with Gasteiger partial charge in [-0.1, -0.05) is 43.3 Å². The van der Waals surface area contributed by atoms with Crippen LogP contribution in [-0.2, 0) is 40.5 Å². The lowest BCUT2D eigenvalue weighted by molar-refractivity contribution is -0.177. The topological polar surface area (TPSA) is 160 Å². The Morgan fingerprint density at radius 2 is 1.85 bits per heavy atom. The number of carboxylic acids is 1. The maximum absolute atomic E-state index is 13.6. The highest BCUT2D eigenvalue weighted by Gasteiger charge is 2.72. The number of alkyl halides is 3. The van der Waals surface area contributed by atoms with Crippen molar-refractivity contribution in [3.05, 3.63) is 71.0 Å². The summed E-state index contributed by atoms with van der Waals surface area (Å²) in [5.74, 6) is -3.45. The number of halogens is 3. The van der Waals surface area contributed by atoms with E-state index in [0.717, 1.165) is 11.1 Å². The standard InChI is InChI=1S/C30H31NO9.C2HF3O/c1-16(27(34)35)14-22(33)39-24(17-6-4-3-5-7-17)28(36)38-20-10-11-30(37)21-15-18-8-9-19(32)25-23(18)29(30,26(20)40-25)12-13-31(21)2;3-2(4,5)1-6/h3-10,16,21,24,26,32,37H,11-15H2,1-2H3,(H,34,35);1H/t16-,21+,24-,26-,29-,30+;/m0./s1. The van der Waals surface area contributed by atoms with Crippen molar-refractivity contribution in [2.24, 2.45) is 5.92 Å². The van der Waals surface area contributed by atoms with E-state index in [-0.39, 0.29) is 24.0 Å². The number of benzene rings is 2. The molecule has 4 aliphatic rings. The number of piperidine rings is 1. The van der Waals surface area contributed by atoms with E-state index in [9.17, 15) is 42.9 Å². The molecule has 2 aliphatic carbocycles. The van der Waals surface area contributed by atoms with E-state index < -0.39 is 65.9 Å². The van der Waals surface area contributed by atoms with Crippen LogP contribution in [0.5, 0.6) is 11.5 Å². The molecular formula is C32H32F3NO10. The van der Waals surface area contributed by atoms with E-state index in [1.807, 2.05) is 13.1 Å². The first kappa shape index (κ1) is 32.9. The minimum Gasteiger partial charge on any atom is -0.504 e. The number of ether oxygens (including phenoxy) is 3. The van der Waals surface area contributed by atoms with Crippen LogP contribution in [-0.4, -0.2) is 81.9 Å². The minimum atomic E-state index is -4.64. The van der Waals surface area contributed by atoms with E-state index >= 15 is 0 Å². The number of nitrogens with zero attached hydrogens (tertiary/aromatic N) is 1. The maximum atomic E-state index is 13.6. The second kappa shape index (κ2) is 12.1. The van der Waals surface area contributed by atoms with Gasteiger partial charge in [-0.15, -0.1) is 0 Å². The average Bonchev–Trinajstić information content (AvgIpc) is 3.37. The molecule has 0 saturated carbocycles. The van der Waals surface area contributed by atoms with Gasteiger partial charge < -0.3 is 34.4 Å². The zero-order valence-electron chi connectivity index (χ0n) is 24.8. The second-order valence-electron chi connectivity index (χ2n) is 11.9. The molecule has 11 nitrogen and oxygen atoms in total. The van der Waals surface area contributed by atoms with Crippen molar-refractivity contribution >= 4 is 24.2 Å². The average molecular weight is 648 g/mol. The Morgan fingerprint density at radius 3 is 2.48 bits per heavy atom. The number of rotatable bonds is 7. The number of carbonyl (C=O) groups excluding carboxylic acids is 3. The molecule has 14 heteroatoms. The summed E-state index contributed by atoms with van der Waals surface area (Å²) in [6, 6.07) is 11.6. The molecule has 0 amide bonds. The number of aromatic hydroxyl groups is 1. The van der Waals surface area contributed by atoms with E-state index in [1.165, 1.54) is 6.92 Å². The van der Waals surface area contributed by atoms with Crippen molar-refractivity contribution in [3.63, 3.8) is 0 Å². The van der Waals surface area contributed by atoms with Gasteiger partial charge in [0.1, 0.15) is 5.76 Å². The first-order valence-electron chi connectivity index (χ1n) is 14.5. The lowest BCUT2D eigenvalue weighted by Gasteiger charge is -2.61. The van der Waals surface area contributed by atoms with Crippen LogP contribution in [0.15, 0.2) is 54.3 Å². The Bertz CT molecular complexity index is 1580. The van der Waals surface area contributed by atoms with E-state index in [4.69, 9.17) is 19.0 Å². The molecule has 46 heavy (non-hydrogen) atoms. The zero-order valence-corrected chi connectivity index (χ0v) is 24.8. The molecule has 6 atom stereocenters. The fraction of sp³-hybridized carbons (Fsp3) is 0.438. The van der Waals surface area contributed by atoms with Crippen molar-refractivity contribution in [2.45, 2.75) is 68.0 Å². The number of esters is 2. The van der Waals surface area contributed by atoms with Crippen LogP contribution in [0, 0.1) is 5.92 Å². The number of carboxylic acid groups (broad SMARTS) is 1. The van der Waals surface area contributed by atoms with Gasteiger partial charge in [0, 0.05) is 23.6 Å². The van der Waals surface area contributed by atoms with E-state index in [1.54, 1.807) is 42.5 Å². The molecule has 2 aromatic carbocycles. The molecule has 0 radical (unpaired) electrons. The fourth-order valence-electron chi connectivity index (χ4n) is 7.00. The fourth-order valence-corrected chi connectivity index (χ4v) is 7.00. The highest BCUT2D eigenvalue weighted by atomic mass is 19.4. The van der Waals surface area contributed by atoms with Crippen LogP contribution in [0.4, 0.5) is 13.2 Å². The second-order valence-corrected chi connectivity index (χ2v) is 11.9. The van der Waals surface area contributed by atoms with E-state index in [2.05, 4.69) is 4.90 Å². The number of hydrogen-bond acceptors (Lipinski definition) is 10. The summed E-state index contributed by atoms with van der Waals surface area (Å²) < 4.78 is 49.0. The molecule has 6 rings (SSSR count). The van der Waals surface area contributed by atoms with Crippen LogP contribution in [0.25, 0.3) is 0 Å². The normalized spacial score (nSPS) is 27.0. The van der Waals surface area contributed by atoms with Gasteiger partial charge in [-0.2, -0.15) is 13.2 Å². The number of likely N-dealkylation sites (N-methyl/N-ethyl adjacent to an activating group) is 1. The predicted molar refractivity (Wildman–Crippen MR) is 151 cm³/mol. The van der Waals surface area contributed by atoms with Gasteiger partial charge >= 0.3 is 24.1 Å². The smallest absolute Gasteiger partial charge is 0.446 e. The number of carbonyl (C=O) groups is 4. The zero-order chi connectivity index (χ0) is 33.6. The van der Waals surface area contributed by atoms with Crippen molar-refractivity contribution in [2.75, 3.05) is 13.6 Å². The highest BCUT2D eigenvalue weighted by Crippen LogP contribution is 2.65. The number of aliphatic hydroxyl groups is 1. The Kier molecular flexibility index (Phi) is 8.64. The Hall–Kier alpha value is -4.43. The van der Waals surface area contributed by atoms with Gasteiger partial charge in [-0.05, 0) is 44.1 Å². The molecular weight excluding hydrogens is 615 g/mol. The van der Waals surface area contributed by atoms with Gasteiger partial charge in [0.25, 0.3) is 0 Å². The Labute approximate surface area is 261 Å². The molecule has 0 aromatic heterocycles. The van der Waals surface area contributed by atoms with Crippen molar-refractivity contribution in [1.82, 2.24) is 4.90 Å². The summed E-state index contributed by atoms with van der Waals surface area (Å²) in [4.78, 5) is 48.3. The molecule has 0 unspecified atom stereocenters. The molecule has 2 aromatic rings. The maximum Gasteiger partial charge on any atom is 0.446 e. The molecule has 3 N–H and O–H groups in total. The minimum absolute atomic E-state index is 0.0448. The van der Waals surface area contributed by atoms with Gasteiger partial charge in [0.15, 0.2) is 17.6 Å². The van der Waals surface area contributed by atoms with E-state index in [0.29, 0.717) is 30.7 Å². The monoisotopic (exact) mass is 647 g/mol. The number of aliphatic carboxylic acids is 1. The third-order valence-electron chi connectivity index (χ3n) is 9.17. The van der Waals surface area contributed by atoms with Crippen LogP contribution in [0.1, 0.15) is 49.0 Å².